The third-order valence-corrected chi connectivity index (χ3v) is 4.38. The lowest BCUT2D eigenvalue weighted by Gasteiger charge is -2.19. The molecule has 0 radical (unpaired) electrons. The minimum absolute atomic E-state index is 0.0427. The number of hydrogen-bond donors (Lipinski definition) is 2. The van der Waals surface area contributed by atoms with Crippen molar-refractivity contribution in [3.8, 4) is 0 Å². The highest BCUT2D eigenvalue weighted by Gasteiger charge is 2.15. The molecule has 0 aliphatic rings. The fourth-order valence-corrected chi connectivity index (χ4v) is 2.62. The summed E-state index contributed by atoms with van der Waals surface area (Å²) in [6, 6.07) is 15.4. The van der Waals surface area contributed by atoms with E-state index in [1.807, 2.05) is 50.2 Å². The Labute approximate surface area is 156 Å². The van der Waals surface area contributed by atoms with Crippen LogP contribution in [0.1, 0.15) is 60.8 Å². The Kier molecular flexibility index (Phi) is 6.19. The molecule has 138 valence electrons. The van der Waals surface area contributed by atoms with Crippen molar-refractivity contribution >= 4 is 11.8 Å². The van der Waals surface area contributed by atoms with E-state index in [-0.39, 0.29) is 29.8 Å². The minimum Gasteiger partial charge on any atom is -0.348 e. The number of benzene rings is 2. The van der Waals surface area contributed by atoms with Crippen molar-refractivity contribution in [2.45, 2.75) is 46.1 Å². The van der Waals surface area contributed by atoms with Gasteiger partial charge in [0.1, 0.15) is 0 Å². The van der Waals surface area contributed by atoms with Crippen LogP contribution in [-0.4, -0.2) is 18.4 Å². The van der Waals surface area contributed by atoms with Gasteiger partial charge in [0, 0.05) is 5.56 Å². The second kappa shape index (κ2) is 8.17. The second-order valence-corrected chi connectivity index (χ2v) is 7.71. The number of aryl methyl sites for hydroxylation is 1. The molecule has 0 bridgehead atoms. The molecule has 1 unspecified atom stereocenters. The Balaban J connectivity index is 1.86. The number of carbonyl (C=O) groups is 2. The highest BCUT2D eigenvalue weighted by Crippen LogP contribution is 2.22. The van der Waals surface area contributed by atoms with Gasteiger partial charge in [0.25, 0.3) is 5.91 Å². The van der Waals surface area contributed by atoms with E-state index in [9.17, 15) is 9.59 Å². The van der Waals surface area contributed by atoms with Crippen molar-refractivity contribution in [2.24, 2.45) is 0 Å². The minimum atomic E-state index is -0.247. The zero-order valence-electron chi connectivity index (χ0n) is 16.2. The average Bonchev–Trinajstić information content (AvgIpc) is 2.59. The molecule has 26 heavy (non-hydrogen) atoms. The predicted molar refractivity (Wildman–Crippen MR) is 105 cm³/mol. The molecule has 0 saturated carbocycles. The first kappa shape index (κ1) is 19.7. The molecule has 0 heterocycles. The van der Waals surface area contributed by atoms with Gasteiger partial charge in [-0.05, 0) is 42.5 Å². The fourth-order valence-electron chi connectivity index (χ4n) is 2.62. The zero-order valence-corrected chi connectivity index (χ0v) is 16.2. The van der Waals surface area contributed by atoms with Crippen LogP contribution in [0.4, 0.5) is 0 Å². The van der Waals surface area contributed by atoms with Crippen molar-refractivity contribution in [1.82, 2.24) is 10.6 Å². The summed E-state index contributed by atoms with van der Waals surface area (Å²) in [5.41, 5.74) is 3.97. The van der Waals surface area contributed by atoms with Gasteiger partial charge in [-0.25, -0.2) is 0 Å². The smallest absolute Gasteiger partial charge is 0.251 e. The van der Waals surface area contributed by atoms with Crippen LogP contribution in [0.2, 0.25) is 0 Å². The Morgan fingerprint density at radius 1 is 0.962 bits per heavy atom. The van der Waals surface area contributed by atoms with Crippen LogP contribution in [0, 0.1) is 6.92 Å². The van der Waals surface area contributed by atoms with Crippen molar-refractivity contribution in [2.75, 3.05) is 6.54 Å². The van der Waals surface area contributed by atoms with E-state index in [2.05, 4.69) is 31.4 Å². The maximum absolute atomic E-state index is 12.2. The molecule has 2 rings (SSSR count). The molecule has 0 aromatic heterocycles. The molecule has 4 nitrogen and oxygen atoms in total. The first-order valence-corrected chi connectivity index (χ1v) is 8.91. The van der Waals surface area contributed by atoms with Crippen molar-refractivity contribution in [1.29, 1.82) is 0 Å². The van der Waals surface area contributed by atoms with Crippen molar-refractivity contribution in [3.05, 3.63) is 70.8 Å². The summed E-state index contributed by atoms with van der Waals surface area (Å²) < 4.78 is 0. The van der Waals surface area contributed by atoms with Crippen LogP contribution in [0.15, 0.2) is 48.5 Å². The predicted octanol–water partition coefficient (Wildman–Crippen LogP) is 3.90. The third kappa shape index (κ3) is 5.45. The van der Waals surface area contributed by atoms with Crippen LogP contribution in [-0.2, 0) is 10.2 Å². The summed E-state index contributed by atoms with van der Waals surface area (Å²) >= 11 is 0. The van der Waals surface area contributed by atoms with Gasteiger partial charge in [0.2, 0.25) is 5.91 Å². The quantitative estimate of drug-likeness (QED) is 0.857. The molecular formula is C22H28N2O2. The highest BCUT2D eigenvalue weighted by molar-refractivity contribution is 5.96. The highest BCUT2D eigenvalue weighted by atomic mass is 16.2. The first-order chi connectivity index (χ1) is 12.2. The van der Waals surface area contributed by atoms with E-state index in [0.717, 1.165) is 5.56 Å². The van der Waals surface area contributed by atoms with E-state index < -0.39 is 0 Å². The average molecular weight is 352 g/mol. The van der Waals surface area contributed by atoms with Gasteiger partial charge in [-0.1, -0.05) is 62.7 Å². The summed E-state index contributed by atoms with van der Waals surface area (Å²) in [6.07, 6.45) is 0. The second-order valence-electron chi connectivity index (χ2n) is 7.71. The lowest BCUT2D eigenvalue weighted by Crippen LogP contribution is -2.38. The fraction of sp³-hybridized carbons (Fsp3) is 0.364. The van der Waals surface area contributed by atoms with Crippen LogP contribution in [0.5, 0.6) is 0 Å². The van der Waals surface area contributed by atoms with Gasteiger partial charge < -0.3 is 10.6 Å². The molecule has 2 amide bonds. The molecule has 0 saturated heterocycles. The Hall–Kier alpha value is -2.62. The van der Waals surface area contributed by atoms with Gasteiger partial charge in [0.05, 0.1) is 12.6 Å². The van der Waals surface area contributed by atoms with Crippen LogP contribution < -0.4 is 10.6 Å². The standard InChI is InChI=1S/C22H28N2O2/c1-15-6-8-17(9-7-15)16(2)24-20(25)14-23-21(26)18-10-12-19(13-11-18)22(3,4)5/h6-13,16H,14H2,1-5H3,(H,23,26)(H,24,25). The van der Waals surface area contributed by atoms with E-state index in [4.69, 9.17) is 0 Å². The third-order valence-electron chi connectivity index (χ3n) is 4.38. The summed E-state index contributed by atoms with van der Waals surface area (Å²) in [7, 11) is 0. The topological polar surface area (TPSA) is 58.2 Å². The van der Waals surface area contributed by atoms with Crippen molar-refractivity contribution in [3.63, 3.8) is 0 Å². The van der Waals surface area contributed by atoms with Crippen molar-refractivity contribution < 1.29 is 9.59 Å². The molecule has 2 aromatic carbocycles. The lowest BCUT2D eigenvalue weighted by atomic mass is 9.87. The lowest BCUT2D eigenvalue weighted by molar-refractivity contribution is -0.120. The van der Waals surface area contributed by atoms with E-state index >= 15 is 0 Å². The number of nitrogens with one attached hydrogen (secondary N) is 2. The number of hydrogen-bond acceptors (Lipinski definition) is 2. The normalized spacial score (nSPS) is 12.3. The Morgan fingerprint density at radius 2 is 1.54 bits per heavy atom. The van der Waals surface area contributed by atoms with E-state index in [0.29, 0.717) is 5.56 Å². The molecule has 0 aliphatic heterocycles. The largest absolute Gasteiger partial charge is 0.348 e. The Bertz CT molecular complexity index is 756. The number of carbonyl (C=O) groups excluding carboxylic acids is 2. The van der Waals surface area contributed by atoms with Gasteiger partial charge in [-0.15, -0.1) is 0 Å². The monoisotopic (exact) mass is 352 g/mol. The summed E-state index contributed by atoms with van der Waals surface area (Å²) in [5, 5.41) is 5.57. The van der Waals surface area contributed by atoms with Gasteiger partial charge in [-0.2, -0.15) is 0 Å². The summed E-state index contributed by atoms with van der Waals surface area (Å²) in [4.78, 5) is 24.3. The molecule has 2 N–H and O–H groups in total. The summed E-state index contributed by atoms with van der Waals surface area (Å²) in [5.74, 6) is -0.457. The SMILES string of the molecule is Cc1ccc(C(C)NC(=O)CNC(=O)c2ccc(C(C)(C)C)cc2)cc1. The van der Waals surface area contributed by atoms with E-state index in [1.165, 1.54) is 11.1 Å². The molecule has 0 aliphatic carbocycles. The first-order valence-electron chi connectivity index (χ1n) is 8.91. The van der Waals surface area contributed by atoms with Crippen LogP contribution >= 0.6 is 0 Å². The number of amides is 2. The molecule has 0 spiro atoms. The molecule has 1 atom stereocenters. The molecule has 4 heteroatoms. The van der Waals surface area contributed by atoms with Crippen LogP contribution in [0.25, 0.3) is 0 Å². The van der Waals surface area contributed by atoms with Gasteiger partial charge in [-0.3, -0.25) is 9.59 Å². The molecule has 0 fully saturated rings. The van der Waals surface area contributed by atoms with E-state index in [1.54, 1.807) is 12.1 Å². The van der Waals surface area contributed by atoms with Gasteiger partial charge in [0.15, 0.2) is 0 Å². The number of rotatable bonds is 5. The Morgan fingerprint density at radius 3 is 2.08 bits per heavy atom. The molecule has 2 aromatic rings. The van der Waals surface area contributed by atoms with Crippen LogP contribution in [0.3, 0.4) is 0 Å². The summed E-state index contributed by atoms with van der Waals surface area (Å²) in [6.45, 7) is 10.3. The maximum Gasteiger partial charge on any atom is 0.251 e. The zero-order chi connectivity index (χ0) is 19.3. The molecular weight excluding hydrogens is 324 g/mol. The van der Waals surface area contributed by atoms with Gasteiger partial charge >= 0.3 is 0 Å². The maximum atomic E-state index is 12.2.